The van der Waals surface area contributed by atoms with Crippen molar-refractivity contribution < 1.29 is 14.0 Å². The second kappa shape index (κ2) is 7.57. The first-order valence-corrected chi connectivity index (χ1v) is 8.97. The van der Waals surface area contributed by atoms with Gasteiger partial charge in [-0.05, 0) is 56.6 Å². The van der Waals surface area contributed by atoms with E-state index < -0.39 is 0 Å². The molecule has 0 aliphatic carbocycles. The summed E-state index contributed by atoms with van der Waals surface area (Å²) in [6, 6.07) is 3.15. The molecular weight excluding hydrogens is 330 g/mol. The fourth-order valence-corrected chi connectivity index (χ4v) is 3.67. The molecule has 0 aromatic carbocycles. The molecule has 0 N–H and O–H groups in total. The van der Waals surface area contributed by atoms with E-state index in [-0.39, 0.29) is 28.8 Å². The van der Waals surface area contributed by atoms with Gasteiger partial charge >= 0.3 is 0 Å². The Hall–Kier alpha value is -1.53. The van der Waals surface area contributed by atoms with E-state index in [0.29, 0.717) is 26.2 Å². The number of halogens is 1. The number of furan rings is 1. The minimum atomic E-state index is -0.161. The fourth-order valence-electron chi connectivity index (χ4n) is 3.52. The minimum Gasteiger partial charge on any atom is -0.440 e. The van der Waals surface area contributed by atoms with Crippen LogP contribution in [0, 0.1) is 0 Å². The largest absolute Gasteiger partial charge is 0.440 e. The summed E-state index contributed by atoms with van der Waals surface area (Å²) in [5, 5.41) is 0.213. The number of hydrogen-bond donors (Lipinski definition) is 0. The highest BCUT2D eigenvalue weighted by Gasteiger charge is 2.31. The maximum Gasteiger partial charge on any atom is 0.289 e. The van der Waals surface area contributed by atoms with E-state index in [1.54, 1.807) is 17.0 Å². The topological polar surface area (TPSA) is 57.0 Å². The number of amides is 2. The highest BCUT2D eigenvalue weighted by atomic mass is 35.5. The molecule has 1 unspecified atom stereocenters. The van der Waals surface area contributed by atoms with Crippen molar-refractivity contribution in [1.29, 1.82) is 0 Å². The van der Waals surface area contributed by atoms with E-state index >= 15 is 0 Å². The van der Waals surface area contributed by atoms with Crippen LogP contribution in [0.25, 0.3) is 0 Å². The zero-order valence-electron chi connectivity index (χ0n) is 14.0. The molecule has 1 aromatic rings. The van der Waals surface area contributed by atoms with Gasteiger partial charge in [0.05, 0.1) is 6.04 Å². The standard InChI is InChI=1S/C17H24ClN3O3/c1-19-8-3-2-5-13(19)16(22)20-9-4-10-21(12-11-20)17(23)14-6-7-15(18)24-14/h6-7,13H,2-5,8-12H2,1H3. The number of carbonyl (C=O) groups is 2. The normalized spacial score (nSPS) is 23.2. The average molecular weight is 354 g/mol. The first-order chi connectivity index (χ1) is 11.6. The molecular formula is C17H24ClN3O3. The van der Waals surface area contributed by atoms with E-state index in [4.69, 9.17) is 16.0 Å². The Morgan fingerprint density at radius 1 is 1.04 bits per heavy atom. The van der Waals surface area contributed by atoms with E-state index in [0.717, 1.165) is 32.2 Å². The highest BCUT2D eigenvalue weighted by Crippen LogP contribution is 2.19. The quantitative estimate of drug-likeness (QED) is 0.817. The van der Waals surface area contributed by atoms with Crippen molar-refractivity contribution in [1.82, 2.24) is 14.7 Å². The van der Waals surface area contributed by atoms with Gasteiger partial charge in [0.15, 0.2) is 11.0 Å². The first kappa shape index (κ1) is 17.3. The first-order valence-electron chi connectivity index (χ1n) is 8.60. The summed E-state index contributed by atoms with van der Waals surface area (Å²) < 4.78 is 5.21. The Labute approximate surface area is 147 Å². The summed E-state index contributed by atoms with van der Waals surface area (Å²) >= 11 is 5.75. The third-order valence-electron chi connectivity index (χ3n) is 4.93. The number of nitrogens with zero attached hydrogens (tertiary/aromatic N) is 3. The number of rotatable bonds is 2. The van der Waals surface area contributed by atoms with Gasteiger partial charge in [-0.1, -0.05) is 6.42 Å². The van der Waals surface area contributed by atoms with E-state index in [1.165, 1.54) is 0 Å². The van der Waals surface area contributed by atoms with Gasteiger partial charge in [0.2, 0.25) is 5.91 Å². The Kier molecular flexibility index (Phi) is 5.46. The smallest absolute Gasteiger partial charge is 0.289 e. The molecule has 0 saturated carbocycles. The summed E-state index contributed by atoms with van der Waals surface area (Å²) in [7, 11) is 2.02. The lowest BCUT2D eigenvalue weighted by Crippen LogP contribution is -2.50. The van der Waals surface area contributed by atoms with Crippen LogP contribution in [0.5, 0.6) is 0 Å². The monoisotopic (exact) mass is 353 g/mol. The Balaban J connectivity index is 1.60. The number of likely N-dealkylation sites (tertiary alicyclic amines) is 1. The predicted molar refractivity (Wildman–Crippen MR) is 91.1 cm³/mol. The molecule has 7 heteroatoms. The molecule has 1 aromatic heterocycles. The lowest BCUT2D eigenvalue weighted by atomic mass is 10.0. The minimum absolute atomic E-state index is 0.00937. The van der Waals surface area contributed by atoms with Gasteiger partial charge in [-0.2, -0.15) is 0 Å². The Bertz CT molecular complexity index is 604. The second-order valence-corrected chi connectivity index (χ2v) is 6.94. The van der Waals surface area contributed by atoms with Gasteiger partial charge in [0, 0.05) is 26.2 Å². The van der Waals surface area contributed by atoms with Gasteiger partial charge in [0.25, 0.3) is 5.91 Å². The van der Waals surface area contributed by atoms with Crippen LogP contribution in [0.4, 0.5) is 0 Å². The van der Waals surface area contributed by atoms with Crippen LogP contribution in [0.3, 0.4) is 0 Å². The van der Waals surface area contributed by atoms with Gasteiger partial charge < -0.3 is 14.2 Å². The second-order valence-electron chi connectivity index (χ2n) is 6.57. The van der Waals surface area contributed by atoms with Crippen LogP contribution < -0.4 is 0 Å². The molecule has 0 bridgehead atoms. The average Bonchev–Trinajstić information content (AvgIpc) is 2.87. The van der Waals surface area contributed by atoms with Crippen molar-refractivity contribution in [3.05, 3.63) is 23.1 Å². The number of piperidine rings is 1. The number of carbonyl (C=O) groups excluding carboxylic acids is 2. The zero-order valence-corrected chi connectivity index (χ0v) is 14.8. The van der Waals surface area contributed by atoms with Crippen LogP contribution in [0.1, 0.15) is 36.2 Å². The Morgan fingerprint density at radius 2 is 1.79 bits per heavy atom. The van der Waals surface area contributed by atoms with Crippen molar-refractivity contribution in [2.45, 2.75) is 31.7 Å². The molecule has 2 fully saturated rings. The molecule has 0 radical (unpaired) electrons. The summed E-state index contributed by atoms with van der Waals surface area (Å²) in [4.78, 5) is 31.1. The van der Waals surface area contributed by atoms with Crippen LogP contribution in [-0.4, -0.2) is 72.3 Å². The van der Waals surface area contributed by atoms with Crippen LogP contribution in [0.2, 0.25) is 5.22 Å². The Morgan fingerprint density at radius 3 is 2.50 bits per heavy atom. The molecule has 2 aliphatic heterocycles. The number of likely N-dealkylation sites (N-methyl/N-ethyl adjacent to an activating group) is 1. The summed E-state index contributed by atoms with van der Waals surface area (Å²) in [6.45, 7) is 3.41. The summed E-state index contributed by atoms with van der Waals surface area (Å²) in [6.07, 6.45) is 3.98. The molecule has 3 rings (SSSR count). The fraction of sp³-hybridized carbons (Fsp3) is 0.647. The van der Waals surface area contributed by atoms with Crippen molar-refractivity contribution in [3.63, 3.8) is 0 Å². The van der Waals surface area contributed by atoms with E-state index in [2.05, 4.69) is 4.90 Å². The van der Waals surface area contributed by atoms with Crippen LogP contribution >= 0.6 is 11.6 Å². The molecule has 2 saturated heterocycles. The van der Waals surface area contributed by atoms with Crippen LogP contribution in [0.15, 0.2) is 16.5 Å². The van der Waals surface area contributed by atoms with Crippen molar-refractivity contribution >= 4 is 23.4 Å². The molecule has 24 heavy (non-hydrogen) atoms. The van der Waals surface area contributed by atoms with Crippen LogP contribution in [-0.2, 0) is 4.79 Å². The van der Waals surface area contributed by atoms with Gasteiger partial charge in [-0.15, -0.1) is 0 Å². The van der Waals surface area contributed by atoms with E-state index in [9.17, 15) is 9.59 Å². The van der Waals surface area contributed by atoms with Gasteiger partial charge in [-0.3, -0.25) is 14.5 Å². The molecule has 2 aliphatic rings. The molecule has 132 valence electrons. The van der Waals surface area contributed by atoms with Gasteiger partial charge in [-0.25, -0.2) is 0 Å². The highest BCUT2D eigenvalue weighted by molar-refractivity contribution is 6.29. The summed E-state index contributed by atoms with van der Waals surface area (Å²) in [5.74, 6) is 0.297. The van der Waals surface area contributed by atoms with E-state index in [1.807, 2.05) is 11.9 Å². The predicted octanol–water partition coefficient (Wildman–Crippen LogP) is 2.09. The molecule has 1 atom stereocenters. The maximum atomic E-state index is 12.8. The number of hydrogen-bond acceptors (Lipinski definition) is 4. The lowest BCUT2D eigenvalue weighted by molar-refractivity contribution is -0.137. The van der Waals surface area contributed by atoms with Crippen molar-refractivity contribution in [3.8, 4) is 0 Å². The molecule has 3 heterocycles. The summed E-state index contributed by atoms with van der Waals surface area (Å²) in [5.41, 5.74) is 0. The maximum absolute atomic E-state index is 12.8. The van der Waals surface area contributed by atoms with Gasteiger partial charge in [0.1, 0.15) is 0 Å². The van der Waals surface area contributed by atoms with Crippen molar-refractivity contribution in [2.24, 2.45) is 0 Å². The zero-order chi connectivity index (χ0) is 17.1. The third-order valence-corrected chi connectivity index (χ3v) is 5.14. The SMILES string of the molecule is CN1CCCCC1C(=O)N1CCCN(C(=O)c2ccc(Cl)o2)CC1. The molecule has 6 nitrogen and oxygen atoms in total. The molecule has 2 amide bonds. The third kappa shape index (κ3) is 3.75. The lowest BCUT2D eigenvalue weighted by Gasteiger charge is -2.35. The molecule has 0 spiro atoms. The van der Waals surface area contributed by atoms with Crippen molar-refractivity contribution in [2.75, 3.05) is 39.8 Å².